The molecule has 0 aromatic carbocycles. The summed E-state index contributed by atoms with van der Waals surface area (Å²) < 4.78 is 1.09. The number of aromatic amines is 1. The fraction of sp³-hybridized carbons (Fsp3) is 0.500. The number of anilines is 2. The Morgan fingerprint density at radius 2 is 2.00 bits per heavy atom. The van der Waals surface area contributed by atoms with Gasteiger partial charge in [0.2, 0.25) is 5.91 Å². The predicted octanol–water partition coefficient (Wildman–Crippen LogP) is -1.46. The minimum Gasteiger partial charge on any atom is -0.383 e. The van der Waals surface area contributed by atoms with Gasteiger partial charge in [-0.1, -0.05) is 0 Å². The maximum Gasteiger partial charge on any atom is 0.329 e. The van der Waals surface area contributed by atoms with E-state index in [4.69, 9.17) is 5.73 Å². The van der Waals surface area contributed by atoms with Gasteiger partial charge in [0.05, 0.1) is 0 Å². The summed E-state index contributed by atoms with van der Waals surface area (Å²) in [6, 6.07) is -0.624. The Hall–Kier alpha value is -2.25. The van der Waals surface area contributed by atoms with Crippen molar-refractivity contribution in [2.75, 3.05) is 25.1 Å². The summed E-state index contributed by atoms with van der Waals surface area (Å²) >= 11 is 0. The van der Waals surface area contributed by atoms with Crippen LogP contribution in [0.4, 0.5) is 11.5 Å². The normalized spacial score (nSPS) is 12.0. The van der Waals surface area contributed by atoms with Gasteiger partial charge in [-0.05, 0) is 6.92 Å². The molecule has 1 aromatic rings. The van der Waals surface area contributed by atoms with Crippen molar-refractivity contribution >= 4 is 17.4 Å². The number of carbonyl (C=O) groups is 1. The van der Waals surface area contributed by atoms with Gasteiger partial charge in [-0.25, -0.2) is 4.79 Å². The number of hydrogen-bond acceptors (Lipinski definition) is 5. The second-order valence-electron chi connectivity index (χ2n) is 4.18. The summed E-state index contributed by atoms with van der Waals surface area (Å²) in [6.07, 6.45) is 0. The summed E-state index contributed by atoms with van der Waals surface area (Å²) in [5.74, 6) is -0.218. The zero-order valence-corrected chi connectivity index (χ0v) is 10.8. The number of likely N-dealkylation sites (N-methyl/N-ethyl adjacent to an activating group) is 1. The topological polar surface area (TPSA) is 113 Å². The average molecular weight is 255 g/mol. The minimum atomic E-state index is -0.644. The first-order valence-electron chi connectivity index (χ1n) is 5.32. The molecule has 1 amide bonds. The number of aromatic nitrogens is 2. The Morgan fingerprint density at radius 3 is 2.50 bits per heavy atom. The lowest BCUT2D eigenvalue weighted by Crippen LogP contribution is -2.40. The van der Waals surface area contributed by atoms with Crippen LogP contribution in [-0.2, 0) is 11.8 Å². The van der Waals surface area contributed by atoms with Gasteiger partial charge in [0.25, 0.3) is 5.56 Å². The van der Waals surface area contributed by atoms with Gasteiger partial charge in [-0.15, -0.1) is 0 Å². The Kier molecular flexibility index (Phi) is 3.79. The highest BCUT2D eigenvalue weighted by Crippen LogP contribution is 2.10. The molecule has 0 aliphatic carbocycles. The monoisotopic (exact) mass is 255 g/mol. The van der Waals surface area contributed by atoms with Crippen LogP contribution in [0.1, 0.15) is 6.92 Å². The molecule has 1 heterocycles. The standard InChI is InChI=1S/C10H17N5O3/c1-5(9(17)14(2)3)12-6-7(11)15(4)10(18)13-8(6)16/h5,12H,11H2,1-4H3,(H,13,16,18). The molecule has 1 aromatic heterocycles. The van der Waals surface area contributed by atoms with Gasteiger partial charge in [-0.3, -0.25) is 19.1 Å². The molecule has 0 bridgehead atoms. The van der Waals surface area contributed by atoms with E-state index in [1.807, 2.05) is 0 Å². The number of carbonyl (C=O) groups excluding carboxylic acids is 1. The van der Waals surface area contributed by atoms with Crippen molar-refractivity contribution in [3.63, 3.8) is 0 Å². The molecule has 0 aliphatic heterocycles. The number of nitrogens with zero attached hydrogens (tertiary/aromatic N) is 2. The highest BCUT2D eigenvalue weighted by Gasteiger charge is 2.18. The Labute approximate surface area is 103 Å². The SMILES string of the molecule is CC(Nc1c(N)n(C)c(=O)[nH]c1=O)C(=O)N(C)C. The van der Waals surface area contributed by atoms with Crippen LogP contribution >= 0.6 is 0 Å². The molecule has 8 heteroatoms. The van der Waals surface area contributed by atoms with E-state index < -0.39 is 17.3 Å². The maximum atomic E-state index is 11.7. The summed E-state index contributed by atoms with van der Waals surface area (Å²) in [4.78, 5) is 38.0. The highest BCUT2D eigenvalue weighted by atomic mass is 16.2. The molecule has 0 saturated carbocycles. The van der Waals surface area contributed by atoms with E-state index in [1.54, 1.807) is 21.0 Å². The molecule has 4 N–H and O–H groups in total. The van der Waals surface area contributed by atoms with E-state index in [1.165, 1.54) is 11.9 Å². The van der Waals surface area contributed by atoms with E-state index in [0.29, 0.717) is 0 Å². The second kappa shape index (κ2) is 4.94. The summed E-state index contributed by atoms with van der Waals surface area (Å²) in [5, 5.41) is 2.71. The molecule has 0 fully saturated rings. The molecular weight excluding hydrogens is 238 g/mol. The zero-order chi connectivity index (χ0) is 14.0. The molecule has 8 nitrogen and oxygen atoms in total. The number of nitrogen functional groups attached to an aromatic ring is 1. The molecule has 0 radical (unpaired) electrons. The third-order valence-electron chi connectivity index (χ3n) is 2.54. The van der Waals surface area contributed by atoms with Gasteiger partial charge in [0.15, 0.2) is 0 Å². The van der Waals surface area contributed by atoms with E-state index in [2.05, 4.69) is 10.3 Å². The Morgan fingerprint density at radius 1 is 1.44 bits per heavy atom. The molecule has 0 aliphatic rings. The van der Waals surface area contributed by atoms with Crippen LogP contribution in [0.2, 0.25) is 0 Å². The first-order chi connectivity index (χ1) is 8.25. The fourth-order valence-electron chi connectivity index (χ4n) is 1.44. The summed E-state index contributed by atoms with van der Waals surface area (Å²) in [5.41, 5.74) is 4.43. The van der Waals surface area contributed by atoms with Crippen LogP contribution in [0, 0.1) is 0 Å². The van der Waals surface area contributed by atoms with Crippen LogP contribution in [0.3, 0.4) is 0 Å². The zero-order valence-electron chi connectivity index (χ0n) is 10.8. The molecule has 0 saturated heterocycles. The molecule has 1 rings (SSSR count). The first kappa shape index (κ1) is 13.8. The second-order valence-corrected chi connectivity index (χ2v) is 4.18. The average Bonchev–Trinajstić information content (AvgIpc) is 2.30. The molecule has 1 atom stereocenters. The van der Waals surface area contributed by atoms with Crippen LogP contribution < -0.4 is 22.3 Å². The smallest absolute Gasteiger partial charge is 0.329 e. The lowest BCUT2D eigenvalue weighted by molar-refractivity contribution is -0.129. The minimum absolute atomic E-state index is 0.0119. The van der Waals surface area contributed by atoms with Crippen LogP contribution in [0.25, 0.3) is 0 Å². The summed E-state index contributed by atoms with van der Waals surface area (Å²) in [6.45, 7) is 1.60. The number of nitrogens with one attached hydrogen (secondary N) is 2. The van der Waals surface area contributed by atoms with Crippen molar-refractivity contribution in [2.24, 2.45) is 7.05 Å². The van der Waals surface area contributed by atoms with Crippen molar-refractivity contribution in [1.29, 1.82) is 0 Å². The maximum absolute atomic E-state index is 11.7. The molecule has 18 heavy (non-hydrogen) atoms. The van der Waals surface area contributed by atoms with E-state index in [0.717, 1.165) is 4.57 Å². The number of hydrogen-bond donors (Lipinski definition) is 3. The van der Waals surface area contributed by atoms with E-state index in [-0.39, 0.29) is 17.4 Å². The van der Waals surface area contributed by atoms with E-state index in [9.17, 15) is 14.4 Å². The van der Waals surface area contributed by atoms with Gasteiger partial charge < -0.3 is 16.0 Å². The number of rotatable bonds is 3. The lowest BCUT2D eigenvalue weighted by atomic mass is 10.3. The van der Waals surface area contributed by atoms with Crippen molar-refractivity contribution < 1.29 is 4.79 Å². The van der Waals surface area contributed by atoms with Crippen LogP contribution in [-0.4, -0.2) is 40.5 Å². The Bertz CT molecular complexity index is 572. The third-order valence-corrected chi connectivity index (χ3v) is 2.54. The van der Waals surface area contributed by atoms with Gasteiger partial charge in [0.1, 0.15) is 17.5 Å². The van der Waals surface area contributed by atoms with Crippen molar-refractivity contribution in [3.8, 4) is 0 Å². The fourth-order valence-corrected chi connectivity index (χ4v) is 1.44. The van der Waals surface area contributed by atoms with Crippen molar-refractivity contribution in [3.05, 3.63) is 20.8 Å². The van der Waals surface area contributed by atoms with Gasteiger partial charge in [-0.2, -0.15) is 0 Å². The van der Waals surface area contributed by atoms with Gasteiger partial charge in [0, 0.05) is 21.1 Å². The number of amides is 1. The first-order valence-corrected chi connectivity index (χ1v) is 5.32. The van der Waals surface area contributed by atoms with Crippen molar-refractivity contribution in [2.45, 2.75) is 13.0 Å². The molecule has 0 spiro atoms. The van der Waals surface area contributed by atoms with Gasteiger partial charge >= 0.3 is 5.69 Å². The van der Waals surface area contributed by atoms with E-state index >= 15 is 0 Å². The Balaban J connectivity index is 3.14. The quantitative estimate of drug-likeness (QED) is 0.611. The van der Waals surface area contributed by atoms with Crippen LogP contribution in [0.15, 0.2) is 9.59 Å². The third kappa shape index (κ3) is 2.53. The van der Waals surface area contributed by atoms with Crippen molar-refractivity contribution in [1.82, 2.24) is 14.5 Å². The molecule has 1 unspecified atom stereocenters. The summed E-state index contributed by atoms with van der Waals surface area (Å²) in [7, 11) is 4.64. The van der Waals surface area contributed by atoms with Crippen LogP contribution in [0.5, 0.6) is 0 Å². The molecular formula is C10H17N5O3. The molecule has 100 valence electrons. The number of nitrogens with two attached hydrogens (primary N) is 1. The lowest BCUT2D eigenvalue weighted by Gasteiger charge is -2.19. The largest absolute Gasteiger partial charge is 0.383 e. The highest BCUT2D eigenvalue weighted by molar-refractivity contribution is 5.84. The number of H-pyrrole nitrogens is 1. The predicted molar refractivity (Wildman–Crippen MR) is 68.5 cm³/mol.